The van der Waals surface area contributed by atoms with E-state index in [4.69, 9.17) is 4.74 Å². The first-order valence-electron chi connectivity index (χ1n) is 8.64. The molecule has 0 bridgehead atoms. The predicted molar refractivity (Wildman–Crippen MR) is 97.4 cm³/mol. The van der Waals surface area contributed by atoms with Gasteiger partial charge in [-0.05, 0) is 25.6 Å². The van der Waals surface area contributed by atoms with Crippen LogP contribution in [0.25, 0.3) is 0 Å². The molecule has 4 rings (SSSR count). The van der Waals surface area contributed by atoms with E-state index in [2.05, 4.69) is 24.8 Å². The molecule has 1 atom stereocenters. The lowest BCUT2D eigenvalue weighted by atomic mass is 9.92. The molecular formula is C18H22N6O2. The second-order valence-electron chi connectivity index (χ2n) is 6.86. The highest BCUT2D eigenvalue weighted by atomic mass is 16.5. The molecule has 0 aromatic carbocycles. The second-order valence-corrected chi connectivity index (χ2v) is 6.86. The quantitative estimate of drug-likeness (QED) is 0.807. The van der Waals surface area contributed by atoms with Crippen molar-refractivity contribution in [2.45, 2.75) is 12.0 Å². The molecule has 1 amide bonds. The van der Waals surface area contributed by atoms with Crippen molar-refractivity contribution in [1.82, 2.24) is 19.9 Å². The molecule has 26 heavy (non-hydrogen) atoms. The van der Waals surface area contributed by atoms with Gasteiger partial charge in [0.05, 0.1) is 31.1 Å². The topological polar surface area (TPSA) is 74.7 Å². The van der Waals surface area contributed by atoms with Gasteiger partial charge in [-0.2, -0.15) is 0 Å². The van der Waals surface area contributed by atoms with Crippen molar-refractivity contribution in [2.75, 3.05) is 50.1 Å². The van der Waals surface area contributed by atoms with Crippen LogP contribution < -0.4 is 14.5 Å². The van der Waals surface area contributed by atoms with E-state index in [9.17, 15) is 4.79 Å². The van der Waals surface area contributed by atoms with Crippen molar-refractivity contribution in [2.24, 2.45) is 0 Å². The number of amides is 1. The van der Waals surface area contributed by atoms with Gasteiger partial charge >= 0.3 is 0 Å². The number of piperazine rings is 1. The van der Waals surface area contributed by atoms with Crippen molar-refractivity contribution in [3.8, 4) is 5.88 Å². The van der Waals surface area contributed by atoms with Crippen LogP contribution in [-0.2, 0) is 4.79 Å². The molecule has 8 heteroatoms. The lowest BCUT2D eigenvalue weighted by Gasteiger charge is -2.46. The molecule has 4 heterocycles. The maximum Gasteiger partial charge on any atom is 0.241 e. The average molecular weight is 354 g/mol. The Hall–Kier alpha value is -2.74. The van der Waals surface area contributed by atoms with E-state index < -0.39 is 0 Å². The minimum absolute atomic E-state index is 0.105. The van der Waals surface area contributed by atoms with Gasteiger partial charge in [0.15, 0.2) is 0 Å². The normalized spacial score (nSPS) is 23.7. The van der Waals surface area contributed by atoms with Crippen molar-refractivity contribution >= 4 is 17.4 Å². The molecule has 2 fully saturated rings. The fraction of sp³-hybridized carbons (Fsp3) is 0.444. The number of hydrogen-bond acceptors (Lipinski definition) is 7. The summed E-state index contributed by atoms with van der Waals surface area (Å²) in [5.41, 5.74) is 0.745. The van der Waals surface area contributed by atoms with Crippen molar-refractivity contribution in [1.29, 1.82) is 0 Å². The Balaban J connectivity index is 1.58. The van der Waals surface area contributed by atoms with Crippen molar-refractivity contribution in [3.05, 3.63) is 36.9 Å². The third kappa shape index (κ3) is 2.86. The van der Waals surface area contributed by atoms with E-state index in [1.807, 2.05) is 30.1 Å². The number of likely N-dealkylation sites (N-methyl/N-ethyl adjacent to an activating group) is 1. The summed E-state index contributed by atoms with van der Waals surface area (Å²) in [6.45, 7) is 2.72. The zero-order valence-corrected chi connectivity index (χ0v) is 15.0. The van der Waals surface area contributed by atoms with Crippen molar-refractivity contribution < 1.29 is 9.53 Å². The number of nitrogens with zero attached hydrogens (tertiary/aromatic N) is 6. The number of rotatable bonds is 3. The van der Waals surface area contributed by atoms with Gasteiger partial charge in [0.1, 0.15) is 12.1 Å². The SMILES string of the molecule is COc1cc(N2CCC3(C2)CN(c2cccnc2)C(=O)CN3C)ncn1. The summed E-state index contributed by atoms with van der Waals surface area (Å²) in [7, 11) is 3.63. The smallest absolute Gasteiger partial charge is 0.241 e. The number of ether oxygens (including phenoxy) is 1. The van der Waals surface area contributed by atoms with Gasteiger partial charge in [-0.25, -0.2) is 9.97 Å². The lowest BCUT2D eigenvalue weighted by molar-refractivity contribution is -0.123. The summed E-state index contributed by atoms with van der Waals surface area (Å²) >= 11 is 0. The Labute approximate surface area is 152 Å². The molecule has 0 saturated carbocycles. The van der Waals surface area contributed by atoms with Gasteiger partial charge in [0, 0.05) is 31.9 Å². The molecule has 0 radical (unpaired) electrons. The third-order valence-electron chi connectivity index (χ3n) is 5.39. The third-order valence-corrected chi connectivity index (χ3v) is 5.39. The zero-order chi connectivity index (χ0) is 18.1. The number of hydrogen-bond donors (Lipinski definition) is 0. The second kappa shape index (κ2) is 6.53. The highest BCUT2D eigenvalue weighted by molar-refractivity contribution is 5.95. The Morgan fingerprint density at radius 3 is 2.92 bits per heavy atom. The Morgan fingerprint density at radius 2 is 2.15 bits per heavy atom. The molecule has 0 N–H and O–H groups in total. The van der Waals surface area contributed by atoms with Crippen LogP contribution >= 0.6 is 0 Å². The Morgan fingerprint density at radius 1 is 1.27 bits per heavy atom. The minimum Gasteiger partial charge on any atom is -0.481 e. The summed E-state index contributed by atoms with van der Waals surface area (Å²) in [4.78, 5) is 31.5. The van der Waals surface area contributed by atoms with Crippen LogP contribution in [0.15, 0.2) is 36.9 Å². The standard InChI is InChI=1S/C18H22N6O2/c1-22-10-17(25)24(14-4-3-6-19-9-14)12-18(22)5-7-23(11-18)15-8-16(26-2)21-13-20-15/h3-4,6,8-9,13H,5,7,10-12H2,1-2H3. The summed E-state index contributed by atoms with van der Waals surface area (Å²) in [5, 5.41) is 0. The van der Waals surface area contributed by atoms with Crippen LogP contribution in [0, 0.1) is 0 Å². The largest absolute Gasteiger partial charge is 0.481 e. The van der Waals surface area contributed by atoms with Gasteiger partial charge in [0.25, 0.3) is 0 Å². The van der Waals surface area contributed by atoms with E-state index in [1.165, 1.54) is 6.33 Å². The average Bonchev–Trinajstić information content (AvgIpc) is 3.11. The molecule has 8 nitrogen and oxygen atoms in total. The number of carbonyl (C=O) groups is 1. The van der Waals surface area contributed by atoms with Gasteiger partial charge in [0.2, 0.25) is 11.8 Å². The fourth-order valence-electron chi connectivity index (χ4n) is 3.81. The molecule has 2 saturated heterocycles. The first-order chi connectivity index (χ1) is 12.6. The number of methoxy groups -OCH3 is 1. The highest BCUT2D eigenvalue weighted by Crippen LogP contribution is 2.35. The number of anilines is 2. The first-order valence-corrected chi connectivity index (χ1v) is 8.64. The van der Waals surface area contributed by atoms with E-state index in [0.29, 0.717) is 19.0 Å². The Kier molecular flexibility index (Phi) is 4.20. The molecule has 0 aliphatic carbocycles. The molecule has 2 aliphatic rings. The summed E-state index contributed by atoms with van der Waals surface area (Å²) in [5.74, 6) is 1.51. The maximum atomic E-state index is 12.6. The van der Waals surface area contributed by atoms with Gasteiger partial charge < -0.3 is 14.5 Å². The maximum absolute atomic E-state index is 12.6. The van der Waals surface area contributed by atoms with Crippen LogP contribution in [0.3, 0.4) is 0 Å². The van der Waals surface area contributed by atoms with E-state index in [1.54, 1.807) is 19.5 Å². The Bertz CT molecular complexity index is 801. The predicted octanol–water partition coefficient (Wildman–Crippen LogP) is 0.808. The lowest BCUT2D eigenvalue weighted by Crippen LogP contribution is -2.64. The number of pyridine rings is 1. The van der Waals surface area contributed by atoms with Crippen LogP contribution in [0.4, 0.5) is 11.5 Å². The summed E-state index contributed by atoms with van der Waals surface area (Å²) in [6.07, 6.45) is 5.95. The number of aromatic nitrogens is 3. The van der Waals surface area contributed by atoms with Crippen LogP contribution in [0.5, 0.6) is 5.88 Å². The first kappa shape index (κ1) is 16.7. The monoisotopic (exact) mass is 354 g/mol. The molecule has 2 aromatic heterocycles. The molecular weight excluding hydrogens is 332 g/mol. The molecule has 2 aromatic rings. The molecule has 136 valence electrons. The minimum atomic E-state index is -0.109. The van der Waals surface area contributed by atoms with Gasteiger partial charge in [-0.3, -0.25) is 14.7 Å². The molecule has 1 unspecified atom stereocenters. The summed E-state index contributed by atoms with van der Waals surface area (Å²) < 4.78 is 5.21. The molecule has 1 spiro atoms. The zero-order valence-electron chi connectivity index (χ0n) is 15.0. The summed E-state index contributed by atoms with van der Waals surface area (Å²) in [6, 6.07) is 5.65. The van der Waals surface area contributed by atoms with Gasteiger partial charge in [-0.15, -0.1) is 0 Å². The fourth-order valence-corrected chi connectivity index (χ4v) is 3.81. The van der Waals surface area contributed by atoms with Crippen molar-refractivity contribution in [3.63, 3.8) is 0 Å². The highest BCUT2D eigenvalue weighted by Gasteiger charge is 2.48. The van der Waals surface area contributed by atoms with E-state index in [-0.39, 0.29) is 11.4 Å². The van der Waals surface area contributed by atoms with E-state index >= 15 is 0 Å². The van der Waals surface area contributed by atoms with E-state index in [0.717, 1.165) is 31.0 Å². The van der Waals surface area contributed by atoms with Gasteiger partial charge in [-0.1, -0.05) is 0 Å². The van der Waals surface area contributed by atoms with Crippen LogP contribution in [0.2, 0.25) is 0 Å². The number of carbonyl (C=O) groups excluding carboxylic acids is 1. The molecule has 2 aliphatic heterocycles. The van der Waals surface area contributed by atoms with Crippen LogP contribution in [0.1, 0.15) is 6.42 Å². The van der Waals surface area contributed by atoms with Crippen LogP contribution in [-0.4, -0.2) is 71.6 Å².